The molecule has 3 heteroatoms. The van der Waals surface area contributed by atoms with Crippen molar-refractivity contribution in [2.45, 2.75) is 65.8 Å². The monoisotopic (exact) mass is 296 g/mol. The molecular weight excluding hydrogens is 260 g/mol. The third-order valence-electron chi connectivity index (χ3n) is 6.05. The number of likely N-dealkylation sites (tertiary alicyclic amines) is 1. The van der Waals surface area contributed by atoms with Crippen LogP contribution in [0.25, 0.3) is 0 Å². The molecule has 2 rings (SSSR count). The number of hydrogen-bond acceptors (Lipinski definition) is 3. The molecule has 124 valence electrons. The quantitative estimate of drug-likeness (QED) is 0.780. The predicted molar refractivity (Wildman–Crippen MR) is 89.7 cm³/mol. The molecule has 0 saturated carbocycles. The highest BCUT2D eigenvalue weighted by Gasteiger charge is 2.39. The van der Waals surface area contributed by atoms with Crippen LogP contribution in [0.3, 0.4) is 0 Å². The van der Waals surface area contributed by atoms with Gasteiger partial charge in [-0.25, -0.2) is 0 Å². The van der Waals surface area contributed by atoms with Gasteiger partial charge >= 0.3 is 0 Å². The molecule has 1 unspecified atom stereocenters. The number of nitrogens with one attached hydrogen (secondary N) is 1. The van der Waals surface area contributed by atoms with Crippen LogP contribution in [0.4, 0.5) is 0 Å². The number of nitrogens with zero attached hydrogens (tertiary/aromatic N) is 1. The molecule has 2 saturated heterocycles. The Hall–Kier alpha value is -0.120. The molecule has 0 aromatic carbocycles. The van der Waals surface area contributed by atoms with Gasteiger partial charge in [0, 0.05) is 31.2 Å². The zero-order chi connectivity index (χ0) is 15.3. The van der Waals surface area contributed by atoms with Crippen molar-refractivity contribution in [2.24, 2.45) is 10.8 Å². The first-order chi connectivity index (χ1) is 10.0. The second kappa shape index (κ2) is 7.43. The largest absolute Gasteiger partial charge is 0.381 e. The summed E-state index contributed by atoms with van der Waals surface area (Å²) in [6.07, 6.45) is 6.68. The van der Waals surface area contributed by atoms with Gasteiger partial charge in [0.2, 0.25) is 0 Å². The van der Waals surface area contributed by atoms with Crippen molar-refractivity contribution < 1.29 is 4.74 Å². The Bertz CT molecular complexity index is 296. The topological polar surface area (TPSA) is 24.5 Å². The minimum absolute atomic E-state index is 0.350. The van der Waals surface area contributed by atoms with E-state index in [1.54, 1.807) is 0 Å². The molecule has 2 fully saturated rings. The molecule has 2 aliphatic heterocycles. The lowest BCUT2D eigenvalue weighted by molar-refractivity contribution is 0.0514. The third-order valence-corrected chi connectivity index (χ3v) is 6.05. The smallest absolute Gasteiger partial charge is 0.0547 e. The minimum Gasteiger partial charge on any atom is -0.381 e. The Morgan fingerprint density at radius 2 is 1.71 bits per heavy atom. The molecule has 21 heavy (non-hydrogen) atoms. The van der Waals surface area contributed by atoms with Gasteiger partial charge in [-0.1, -0.05) is 40.5 Å². The SMILES string of the molecule is CCC1(CC)CCN(CC2(CNC(C)C)CCOC2)CC1. The van der Waals surface area contributed by atoms with Gasteiger partial charge in [-0.2, -0.15) is 0 Å². The first kappa shape index (κ1) is 17.2. The van der Waals surface area contributed by atoms with Crippen LogP contribution in [-0.4, -0.2) is 50.3 Å². The number of hydrogen-bond donors (Lipinski definition) is 1. The molecule has 0 bridgehead atoms. The molecule has 3 nitrogen and oxygen atoms in total. The fourth-order valence-electron chi connectivity index (χ4n) is 4.01. The van der Waals surface area contributed by atoms with Crippen LogP contribution in [0, 0.1) is 10.8 Å². The second-order valence-corrected chi connectivity index (χ2v) is 7.82. The Labute approximate surface area is 131 Å². The molecule has 0 radical (unpaired) electrons. The summed E-state index contributed by atoms with van der Waals surface area (Å²) in [5.41, 5.74) is 0.981. The maximum Gasteiger partial charge on any atom is 0.0547 e. The summed E-state index contributed by atoms with van der Waals surface area (Å²) >= 11 is 0. The molecule has 2 aliphatic rings. The van der Waals surface area contributed by atoms with Gasteiger partial charge in [0.05, 0.1) is 6.61 Å². The van der Waals surface area contributed by atoms with E-state index < -0.39 is 0 Å². The molecule has 0 aliphatic carbocycles. The van der Waals surface area contributed by atoms with E-state index in [9.17, 15) is 0 Å². The van der Waals surface area contributed by atoms with Gasteiger partial charge in [-0.05, 0) is 37.8 Å². The Kier molecular flexibility index (Phi) is 6.10. The van der Waals surface area contributed by atoms with Crippen molar-refractivity contribution in [3.8, 4) is 0 Å². The lowest BCUT2D eigenvalue weighted by Crippen LogP contribution is -2.49. The molecular formula is C18H36N2O. The summed E-state index contributed by atoms with van der Waals surface area (Å²) in [5.74, 6) is 0. The van der Waals surface area contributed by atoms with Gasteiger partial charge in [-0.3, -0.25) is 0 Å². The summed E-state index contributed by atoms with van der Waals surface area (Å²) in [7, 11) is 0. The van der Waals surface area contributed by atoms with Crippen LogP contribution in [-0.2, 0) is 4.74 Å². The average molecular weight is 296 g/mol. The lowest BCUT2D eigenvalue weighted by atomic mass is 9.73. The molecule has 1 atom stereocenters. The van der Waals surface area contributed by atoms with Crippen molar-refractivity contribution in [3.63, 3.8) is 0 Å². The van der Waals surface area contributed by atoms with Crippen LogP contribution in [0.5, 0.6) is 0 Å². The predicted octanol–water partition coefficient (Wildman–Crippen LogP) is 3.29. The summed E-state index contributed by atoms with van der Waals surface area (Å²) < 4.78 is 5.75. The van der Waals surface area contributed by atoms with Crippen molar-refractivity contribution in [3.05, 3.63) is 0 Å². The first-order valence-corrected chi connectivity index (χ1v) is 9.07. The average Bonchev–Trinajstić information content (AvgIpc) is 2.95. The van der Waals surface area contributed by atoms with Gasteiger partial charge < -0.3 is 15.0 Å². The number of piperidine rings is 1. The Morgan fingerprint density at radius 3 is 2.19 bits per heavy atom. The number of rotatable bonds is 7. The van der Waals surface area contributed by atoms with E-state index in [0.29, 0.717) is 16.9 Å². The fourth-order valence-corrected chi connectivity index (χ4v) is 4.01. The Morgan fingerprint density at radius 1 is 1.05 bits per heavy atom. The molecule has 0 spiro atoms. The maximum atomic E-state index is 5.75. The number of ether oxygens (including phenoxy) is 1. The second-order valence-electron chi connectivity index (χ2n) is 7.82. The zero-order valence-electron chi connectivity index (χ0n) is 14.7. The van der Waals surface area contributed by atoms with E-state index >= 15 is 0 Å². The summed E-state index contributed by atoms with van der Waals surface area (Å²) in [4.78, 5) is 2.71. The Balaban J connectivity index is 1.87. The van der Waals surface area contributed by atoms with Crippen molar-refractivity contribution in [1.82, 2.24) is 10.2 Å². The zero-order valence-corrected chi connectivity index (χ0v) is 14.7. The van der Waals surface area contributed by atoms with E-state index in [2.05, 4.69) is 37.9 Å². The van der Waals surface area contributed by atoms with Crippen LogP contribution < -0.4 is 5.32 Å². The first-order valence-electron chi connectivity index (χ1n) is 9.07. The maximum absolute atomic E-state index is 5.75. The standard InChI is InChI=1S/C18H36N2O/c1-5-17(6-2)7-10-20(11-8-17)14-18(9-12-21-15-18)13-19-16(3)4/h16,19H,5-15H2,1-4H3. The lowest BCUT2D eigenvalue weighted by Gasteiger charge is -2.44. The molecule has 0 amide bonds. The van der Waals surface area contributed by atoms with Gasteiger partial charge in [0.1, 0.15) is 0 Å². The van der Waals surface area contributed by atoms with Crippen molar-refractivity contribution >= 4 is 0 Å². The van der Waals surface area contributed by atoms with Gasteiger partial charge in [0.25, 0.3) is 0 Å². The van der Waals surface area contributed by atoms with E-state index in [-0.39, 0.29) is 0 Å². The van der Waals surface area contributed by atoms with Crippen LogP contribution >= 0.6 is 0 Å². The van der Waals surface area contributed by atoms with E-state index in [0.717, 1.165) is 19.8 Å². The van der Waals surface area contributed by atoms with E-state index in [4.69, 9.17) is 4.74 Å². The van der Waals surface area contributed by atoms with E-state index in [1.165, 1.54) is 51.7 Å². The van der Waals surface area contributed by atoms with Crippen LogP contribution in [0.2, 0.25) is 0 Å². The molecule has 0 aromatic heterocycles. The fraction of sp³-hybridized carbons (Fsp3) is 1.00. The van der Waals surface area contributed by atoms with Crippen molar-refractivity contribution in [1.29, 1.82) is 0 Å². The van der Waals surface area contributed by atoms with Crippen molar-refractivity contribution in [2.75, 3.05) is 39.4 Å². The summed E-state index contributed by atoms with van der Waals surface area (Å²) in [5, 5.41) is 3.65. The molecule has 0 aromatic rings. The van der Waals surface area contributed by atoms with E-state index in [1.807, 2.05) is 0 Å². The van der Waals surface area contributed by atoms with Gasteiger partial charge in [0.15, 0.2) is 0 Å². The molecule has 1 N–H and O–H groups in total. The summed E-state index contributed by atoms with van der Waals surface area (Å²) in [6, 6.07) is 0.566. The van der Waals surface area contributed by atoms with Gasteiger partial charge in [-0.15, -0.1) is 0 Å². The molecule has 2 heterocycles. The van der Waals surface area contributed by atoms with Crippen LogP contribution in [0.15, 0.2) is 0 Å². The highest BCUT2D eigenvalue weighted by Crippen LogP contribution is 2.39. The third kappa shape index (κ3) is 4.43. The highest BCUT2D eigenvalue weighted by molar-refractivity contribution is 4.92. The minimum atomic E-state index is 0.350. The van der Waals surface area contributed by atoms with Crippen LogP contribution in [0.1, 0.15) is 59.8 Å². The highest BCUT2D eigenvalue weighted by atomic mass is 16.5. The summed E-state index contributed by atoms with van der Waals surface area (Å²) in [6.45, 7) is 16.0. The normalized spacial score (nSPS) is 30.1.